The van der Waals surface area contributed by atoms with Crippen LogP contribution in [-0.4, -0.2) is 69.8 Å². The lowest BCUT2D eigenvalue weighted by atomic mass is 10.2. The summed E-state index contributed by atoms with van der Waals surface area (Å²) in [7, 11) is -3.22. The highest BCUT2D eigenvalue weighted by atomic mass is 32.2. The second-order valence-electron chi connectivity index (χ2n) is 6.13. The normalized spacial score (nSPS) is 17.3. The van der Waals surface area contributed by atoms with E-state index in [0.717, 1.165) is 12.1 Å². The van der Waals surface area contributed by atoms with Crippen molar-refractivity contribution in [3.63, 3.8) is 0 Å². The van der Waals surface area contributed by atoms with Crippen LogP contribution in [0.25, 0.3) is 5.69 Å². The molecule has 1 saturated heterocycles. The molecule has 3 rings (SSSR count). The van der Waals surface area contributed by atoms with Gasteiger partial charge in [0.2, 0.25) is 10.0 Å². The molecule has 27 heavy (non-hydrogen) atoms. The molecule has 1 fully saturated rings. The average molecular weight is 404 g/mol. The van der Waals surface area contributed by atoms with Crippen molar-refractivity contribution in [1.82, 2.24) is 29.4 Å². The molecule has 0 bridgehead atoms. The van der Waals surface area contributed by atoms with Gasteiger partial charge in [-0.25, -0.2) is 8.42 Å². The lowest BCUT2D eigenvalue weighted by Crippen LogP contribution is -2.48. The molecule has 0 saturated carbocycles. The lowest BCUT2D eigenvalue weighted by Gasteiger charge is -2.33. The minimum Gasteiger partial charge on any atom is -0.293 e. The van der Waals surface area contributed by atoms with E-state index in [2.05, 4.69) is 15.5 Å². The van der Waals surface area contributed by atoms with Crippen LogP contribution < -0.4 is 0 Å². The van der Waals surface area contributed by atoms with Crippen LogP contribution in [0.3, 0.4) is 0 Å². The summed E-state index contributed by atoms with van der Waals surface area (Å²) in [4.78, 5) is 1.97. The quantitative estimate of drug-likeness (QED) is 0.743. The van der Waals surface area contributed by atoms with Crippen molar-refractivity contribution < 1.29 is 21.6 Å². The van der Waals surface area contributed by atoms with Gasteiger partial charge in [0, 0.05) is 26.2 Å². The predicted molar refractivity (Wildman–Crippen MR) is 90.5 cm³/mol. The van der Waals surface area contributed by atoms with Gasteiger partial charge < -0.3 is 0 Å². The molecule has 0 atom stereocenters. The van der Waals surface area contributed by atoms with E-state index in [1.54, 1.807) is 6.92 Å². The van der Waals surface area contributed by atoms with E-state index in [9.17, 15) is 21.6 Å². The molecule has 0 radical (unpaired) electrons. The van der Waals surface area contributed by atoms with Crippen molar-refractivity contribution in [3.05, 3.63) is 35.7 Å². The number of rotatable bonds is 5. The Labute approximate surface area is 154 Å². The van der Waals surface area contributed by atoms with Gasteiger partial charge in [-0.1, -0.05) is 6.07 Å². The molecule has 148 valence electrons. The molecule has 8 nitrogen and oxygen atoms in total. The zero-order chi connectivity index (χ0) is 19.7. The Kier molecular flexibility index (Phi) is 5.49. The van der Waals surface area contributed by atoms with Gasteiger partial charge in [0.15, 0.2) is 5.82 Å². The van der Waals surface area contributed by atoms with Gasteiger partial charge >= 0.3 is 6.18 Å². The fourth-order valence-corrected chi connectivity index (χ4v) is 3.95. The summed E-state index contributed by atoms with van der Waals surface area (Å²) in [6.07, 6.45) is -4.45. The molecular formula is C15H19F3N6O2S. The minimum atomic E-state index is -4.45. The Bertz CT molecular complexity index is 891. The van der Waals surface area contributed by atoms with Crippen molar-refractivity contribution >= 4 is 10.0 Å². The second kappa shape index (κ2) is 7.52. The van der Waals surface area contributed by atoms with Crippen molar-refractivity contribution in [1.29, 1.82) is 0 Å². The van der Waals surface area contributed by atoms with Gasteiger partial charge in [-0.3, -0.25) is 4.90 Å². The fraction of sp³-hybridized carbons (Fsp3) is 0.533. The highest BCUT2D eigenvalue weighted by molar-refractivity contribution is 7.89. The van der Waals surface area contributed by atoms with Gasteiger partial charge in [-0.15, -0.1) is 5.10 Å². The van der Waals surface area contributed by atoms with E-state index in [-0.39, 0.29) is 11.4 Å². The number of hydrogen-bond acceptors (Lipinski definition) is 6. The number of halogens is 3. The van der Waals surface area contributed by atoms with Gasteiger partial charge in [-0.2, -0.15) is 22.2 Å². The summed E-state index contributed by atoms with van der Waals surface area (Å²) >= 11 is 0. The second-order valence-corrected chi connectivity index (χ2v) is 8.39. The van der Waals surface area contributed by atoms with Crippen LogP contribution in [0.1, 0.15) is 18.3 Å². The van der Waals surface area contributed by atoms with Crippen LogP contribution in [0, 0.1) is 0 Å². The molecule has 1 aromatic carbocycles. The Morgan fingerprint density at radius 2 is 1.85 bits per heavy atom. The minimum absolute atomic E-state index is 0.0563. The smallest absolute Gasteiger partial charge is 0.293 e. The molecule has 0 aliphatic carbocycles. The summed E-state index contributed by atoms with van der Waals surface area (Å²) in [6.45, 7) is 3.63. The lowest BCUT2D eigenvalue weighted by molar-refractivity contribution is -0.137. The molecule has 1 aromatic heterocycles. The van der Waals surface area contributed by atoms with E-state index in [1.165, 1.54) is 21.1 Å². The molecule has 1 aliphatic rings. The van der Waals surface area contributed by atoms with Crippen molar-refractivity contribution in [3.8, 4) is 5.69 Å². The Hall–Kier alpha value is -2.05. The van der Waals surface area contributed by atoms with E-state index >= 15 is 0 Å². The van der Waals surface area contributed by atoms with Crippen LogP contribution in [0.5, 0.6) is 0 Å². The molecule has 12 heteroatoms. The maximum Gasteiger partial charge on any atom is 0.416 e. The zero-order valence-corrected chi connectivity index (χ0v) is 15.4. The number of benzene rings is 1. The largest absolute Gasteiger partial charge is 0.416 e. The van der Waals surface area contributed by atoms with Crippen molar-refractivity contribution in [2.45, 2.75) is 19.6 Å². The topological polar surface area (TPSA) is 84.2 Å². The highest BCUT2D eigenvalue weighted by Gasteiger charge is 2.31. The summed E-state index contributed by atoms with van der Waals surface area (Å²) in [5.74, 6) is 0.446. The third-order valence-corrected chi connectivity index (χ3v) is 6.29. The maximum atomic E-state index is 12.9. The molecule has 0 N–H and O–H groups in total. The van der Waals surface area contributed by atoms with Crippen LogP contribution >= 0.6 is 0 Å². The molecule has 2 heterocycles. The first-order valence-corrected chi connectivity index (χ1v) is 9.96. The predicted octanol–water partition coefficient (Wildman–Crippen LogP) is 1.15. The van der Waals surface area contributed by atoms with Gasteiger partial charge in [0.05, 0.1) is 23.5 Å². The zero-order valence-electron chi connectivity index (χ0n) is 14.6. The van der Waals surface area contributed by atoms with Crippen LogP contribution in [0.4, 0.5) is 13.2 Å². The van der Waals surface area contributed by atoms with Crippen molar-refractivity contribution in [2.75, 3.05) is 31.9 Å². The molecular weight excluding hydrogens is 385 g/mol. The first kappa shape index (κ1) is 19.7. The fourth-order valence-electron chi connectivity index (χ4n) is 2.87. The monoisotopic (exact) mass is 404 g/mol. The Balaban J connectivity index is 1.72. The number of aromatic nitrogens is 4. The number of alkyl halides is 3. The maximum absolute atomic E-state index is 12.9. The van der Waals surface area contributed by atoms with Crippen LogP contribution in [0.15, 0.2) is 24.3 Å². The number of sulfonamides is 1. The van der Waals surface area contributed by atoms with Crippen molar-refractivity contribution in [2.24, 2.45) is 0 Å². The SMILES string of the molecule is CCS(=O)(=O)N1CCN(Cc2nnnn2-c2cccc(C(F)(F)F)c2)CC1. The standard InChI is InChI=1S/C15H19F3N6O2S/c1-2-27(25,26)23-8-6-22(7-9-23)11-14-19-20-21-24(14)13-5-3-4-12(10-13)15(16,17)18/h3-5,10H,2,6-9,11H2,1H3. The van der Waals surface area contributed by atoms with Crippen LogP contribution in [-0.2, 0) is 22.7 Å². The van der Waals surface area contributed by atoms with Gasteiger partial charge in [-0.05, 0) is 35.5 Å². The van der Waals surface area contributed by atoms with E-state index in [1.807, 2.05) is 4.90 Å². The molecule has 1 aliphatic heterocycles. The summed E-state index contributed by atoms with van der Waals surface area (Å²) in [6, 6.07) is 4.78. The molecule has 2 aromatic rings. The highest BCUT2D eigenvalue weighted by Crippen LogP contribution is 2.30. The Morgan fingerprint density at radius 1 is 1.15 bits per heavy atom. The summed E-state index contributed by atoms with van der Waals surface area (Å²) in [5, 5.41) is 11.3. The third-order valence-electron chi connectivity index (χ3n) is 4.41. The summed E-state index contributed by atoms with van der Waals surface area (Å²) < 4.78 is 65.3. The molecule has 0 amide bonds. The molecule has 0 spiro atoms. The third kappa shape index (κ3) is 4.45. The van der Waals surface area contributed by atoms with E-state index in [0.29, 0.717) is 38.5 Å². The first-order valence-electron chi connectivity index (χ1n) is 8.36. The van der Waals surface area contributed by atoms with E-state index < -0.39 is 21.8 Å². The summed E-state index contributed by atoms with van der Waals surface area (Å²) in [5.41, 5.74) is -0.558. The van der Waals surface area contributed by atoms with Gasteiger partial charge in [0.1, 0.15) is 0 Å². The Morgan fingerprint density at radius 3 is 2.48 bits per heavy atom. The number of tetrazole rings is 1. The number of nitrogens with zero attached hydrogens (tertiary/aromatic N) is 6. The number of piperazine rings is 1. The van der Waals surface area contributed by atoms with Crippen LogP contribution in [0.2, 0.25) is 0 Å². The number of hydrogen-bond donors (Lipinski definition) is 0. The molecule has 0 unspecified atom stereocenters. The first-order chi connectivity index (χ1) is 12.7. The van der Waals surface area contributed by atoms with Gasteiger partial charge in [0.25, 0.3) is 0 Å². The van der Waals surface area contributed by atoms with E-state index in [4.69, 9.17) is 0 Å². The average Bonchev–Trinajstić information content (AvgIpc) is 3.10.